The quantitative estimate of drug-likeness (QED) is 0.717. The van der Waals surface area contributed by atoms with Crippen LogP contribution in [0.15, 0.2) is 24.5 Å². The number of nitrogens with zero attached hydrogens (tertiary/aromatic N) is 4. The minimum absolute atomic E-state index is 0.111. The summed E-state index contributed by atoms with van der Waals surface area (Å²) < 4.78 is 84.4. The molecule has 1 atom stereocenters. The molecule has 0 unspecified atom stereocenters. The maximum atomic E-state index is 13.6. The van der Waals surface area contributed by atoms with Crippen LogP contribution in [-0.4, -0.2) is 51.4 Å². The smallest absolute Gasteiger partial charge is 0.375 e. The predicted molar refractivity (Wildman–Crippen MR) is 82.7 cm³/mol. The van der Waals surface area contributed by atoms with Crippen molar-refractivity contribution in [2.24, 2.45) is 0 Å². The summed E-state index contributed by atoms with van der Waals surface area (Å²) in [5.74, 6) is -1.38. The molecule has 2 aromatic rings. The monoisotopic (exact) mass is 408 g/mol. The van der Waals surface area contributed by atoms with Gasteiger partial charge in [-0.25, -0.2) is 9.67 Å². The Morgan fingerprint density at radius 3 is 2.39 bits per heavy atom. The maximum absolute atomic E-state index is 13.6. The van der Waals surface area contributed by atoms with Gasteiger partial charge in [-0.3, -0.25) is 4.79 Å². The summed E-state index contributed by atoms with van der Waals surface area (Å²) in [4.78, 5) is 17.2. The summed E-state index contributed by atoms with van der Waals surface area (Å²) in [6.45, 7) is 2.09. The van der Waals surface area contributed by atoms with Crippen LogP contribution in [0.3, 0.4) is 0 Å². The first-order valence-corrected chi connectivity index (χ1v) is 8.08. The number of carbonyl (C=O) groups is 1. The van der Waals surface area contributed by atoms with Gasteiger partial charge in [-0.1, -0.05) is 0 Å². The van der Waals surface area contributed by atoms with Gasteiger partial charge >= 0.3 is 12.4 Å². The molecule has 0 saturated carbocycles. The number of halogens is 6. The van der Waals surface area contributed by atoms with Gasteiger partial charge in [0.25, 0.3) is 5.91 Å². The number of ether oxygens (including phenoxy) is 1. The van der Waals surface area contributed by atoms with E-state index in [1.165, 1.54) is 4.90 Å². The third-order valence-corrected chi connectivity index (χ3v) is 4.09. The lowest BCUT2D eigenvalue weighted by molar-refractivity contribution is -0.143. The molecule has 3 rings (SSSR count). The minimum atomic E-state index is -4.98. The van der Waals surface area contributed by atoms with Gasteiger partial charge in [0.2, 0.25) is 0 Å². The van der Waals surface area contributed by atoms with Gasteiger partial charge in [0.05, 0.1) is 30.0 Å². The molecule has 3 heterocycles. The fourth-order valence-electron chi connectivity index (χ4n) is 2.80. The molecule has 0 N–H and O–H groups in total. The molecular weight excluding hydrogens is 394 g/mol. The molecule has 1 fully saturated rings. The van der Waals surface area contributed by atoms with Crippen LogP contribution in [0.5, 0.6) is 0 Å². The van der Waals surface area contributed by atoms with E-state index in [-0.39, 0.29) is 25.8 Å². The molecule has 0 aromatic carbocycles. The van der Waals surface area contributed by atoms with Crippen molar-refractivity contribution in [3.63, 3.8) is 0 Å². The van der Waals surface area contributed by atoms with Crippen molar-refractivity contribution in [1.82, 2.24) is 19.7 Å². The van der Waals surface area contributed by atoms with Crippen molar-refractivity contribution in [3.05, 3.63) is 41.3 Å². The highest BCUT2D eigenvalue weighted by atomic mass is 19.4. The van der Waals surface area contributed by atoms with E-state index in [4.69, 9.17) is 4.74 Å². The number of carbonyl (C=O) groups excluding carboxylic acids is 1. The van der Waals surface area contributed by atoms with Crippen LogP contribution >= 0.6 is 0 Å². The Morgan fingerprint density at radius 2 is 1.86 bits per heavy atom. The third-order valence-electron chi connectivity index (χ3n) is 4.09. The Balaban J connectivity index is 2.01. The molecule has 6 nitrogen and oxygen atoms in total. The van der Waals surface area contributed by atoms with Crippen LogP contribution in [0.2, 0.25) is 0 Å². The summed E-state index contributed by atoms with van der Waals surface area (Å²) in [5, 5.41) is 3.55. The zero-order valence-electron chi connectivity index (χ0n) is 14.4. The zero-order chi connectivity index (χ0) is 20.7. The molecule has 1 saturated heterocycles. The average Bonchev–Trinajstić information content (AvgIpc) is 3.06. The second kappa shape index (κ2) is 7.08. The van der Waals surface area contributed by atoms with Gasteiger partial charge in [-0.2, -0.15) is 31.4 Å². The summed E-state index contributed by atoms with van der Waals surface area (Å²) in [6, 6.07) is 1.35. The second-order valence-electron chi connectivity index (χ2n) is 6.15. The Hall–Kier alpha value is -2.63. The molecule has 1 aliphatic rings. The second-order valence-corrected chi connectivity index (χ2v) is 6.15. The highest BCUT2D eigenvalue weighted by Gasteiger charge is 2.42. The van der Waals surface area contributed by atoms with Gasteiger partial charge in [0.1, 0.15) is 0 Å². The molecular formula is C16H14F6N4O2. The van der Waals surface area contributed by atoms with Crippen molar-refractivity contribution in [2.75, 3.05) is 19.7 Å². The molecule has 0 aliphatic carbocycles. The number of aromatic nitrogens is 3. The Kier molecular flexibility index (Phi) is 5.08. The Morgan fingerprint density at radius 1 is 1.14 bits per heavy atom. The van der Waals surface area contributed by atoms with E-state index in [9.17, 15) is 31.1 Å². The van der Waals surface area contributed by atoms with Crippen LogP contribution in [0.4, 0.5) is 26.3 Å². The molecule has 28 heavy (non-hydrogen) atoms. The molecule has 152 valence electrons. The van der Waals surface area contributed by atoms with E-state index in [1.54, 1.807) is 6.92 Å². The third kappa shape index (κ3) is 3.96. The summed E-state index contributed by atoms with van der Waals surface area (Å²) in [5.41, 5.74) is -3.22. The Bertz CT molecular complexity index is 859. The van der Waals surface area contributed by atoms with Crippen molar-refractivity contribution in [3.8, 4) is 5.82 Å². The lowest BCUT2D eigenvalue weighted by Gasteiger charge is -2.31. The van der Waals surface area contributed by atoms with E-state index in [2.05, 4.69) is 10.1 Å². The van der Waals surface area contributed by atoms with Gasteiger partial charge in [0, 0.05) is 19.3 Å². The lowest BCUT2D eigenvalue weighted by atomic mass is 10.2. The van der Waals surface area contributed by atoms with E-state index in [0.29, 0.717) is 16.9 Å². The Labute approximate surface area is 154 Å². The van der Waals surface area contributed by atoms with Crippen LogP contribution in [-0.2, 0) is 17.1 Å². The summed E-state index contributed by atoms with van der Waals surface area (Å²) in [7, 11) is 0. The lowest BCUT2D eigenvalue weighted by Crippen LogP contribution is -2.45. The molecule has 0 spiro atoms. The van der Waals surface area contributed by atoms with E-state index < -0.39 is 40.9 Å². The molecule has 2 aromatic heterocycles. The standard InChI is InChI=1S/C16H14F6N4O2/c1-9-8-25(4-5-28-9)14(27)11-7-24-26(13(11)16(20,21)22)12-3-2-10(6-23-12)15(17,18)19/h2-3,6-7,9H,4-5,8H2,1H3/t9-/m0/s1. The average molecular weight is 408 g/mol. The topological polar surface area (TPSA) is 60.2 Å². The number of hydrogen-bond acceptors (Lipinski definition) is 4. The highest BCUT2D eigenvalue weighted by Crippen LogP contribution is 2.35. The number of amides is 1. The van der Waals surface area contributed by atoms with Crippen molar-refractivity contribution in [2.45, 2.75) is 25.4 Å². The van der Waals surface area contributed by atoms with Crippen LogP contribution in [0.25, 0.3) is 5.82 Å². The fourth-order valence-corrected chi connectivity index (χ4v) is 2.80. The van der Waals surface area contributed by atoms with E-state index in [0.717, 1.165) is 12.3 Å². The van der Waals surface area contributed by atoms with E-state index >= 15 is 0 Å². The molecule has 0 radical (unpaired) electrons. The van der Waals surface area contributed by atoms with Gasteiger partial charge in [0.15, 0.2) is 11.5 Å². The van der Waals surface area contributed by atoms with Gasteiger partial charge < -0.3 is 9.64 Å². The largest absolute Gasteiger partial charge is 0.434 e. The number of pyridine rings is 1. The van der Waals surface area contributed by atoms with Crippen molar-refractivity contribution in [1.29, 1.82) is 0 Å². The summed E-state index contributed by atoms with van der Waals surface area (Å²) in [6.07, 6.45) is -8.86. The maximum Gasteiger partial charge on any atom is 0.434 e. The van der Waals surface area contributed by atoms with Crippen LogP contribution < -0.4 is 0 Å². The fraction of sp³-hybridized carbons (Fsp3) is 0.438. The number of hydrogen-bond donors (Lipinski definition) is 0. The normalized spacial score (nSPS) is 18.4. The zero-order valence-corrected chi connectivity index (χ0v) is 14.4. The first-order chi connectivity index (χ1) is 13.0. The van der Waals surface area contributed by atoms with Crippen LogP contribution in [0, 0.1) is 0 Å². The molecule has 1 amide bonds. The minimum Gasteiger partial charge on any atom is -0.375 e. The SMILES string of the molecule is C[C@H]1CN(C(=O)c2cnn(-c3ccc(C(F)(F)F)cn3)c2C(F)(F)F)CCO1. The van der Waals surface area contributed by atoms with E-state index in [1.807, 2.05) is 0 Å². The molecule has 1 aliphatic heterocycles. The first-order valence-electron chi connectivity index (χ1n) is 8.08. The molecule has 0 bridgehead atoms. The van der Waals surface area contributed by atoms with Gasteiger partial charge in [-0.15, -0.1) is 0 Å². The predicted octanol–water partition coefficient (Wildman–Crippen LogP) is 3.17. The number of alkyl halides is 6. The first kappa shape index (κ1) is 20.1. The van der Waals surface area contributed by atoms with Crippen molar-refractivity contribution < 1.29 is 35.9 Å². The van der Waals surface area contributed by atoms with Crippen molar-refractivity contribution >= 4 is 5.91 Å². The molecule has 12 heteroatoms. The summed E-state index contributed by atoms with van der Waals surface area (Å²) >= 11 is 0. The number of rotatable bonds is 2. The highest BCUT2D eigenvalue weighted by molar-refractivity contribution is 5.95. The van der Waals surface area contributed by atoms with Gasteiger partial charge in [-0.05, 0) is 19.1 Å². The van der Waals surface area contributed by atoms with Crippen LogP contribution in [0.1, 0.15) is 28.5 Å². The number of morpholine rings is 1.